The quantitative estimate of drug-likeness (QED) is 0.325. The van der Waals surface area contributed by atoms with E-state index >= 15 is 0 Å². The van der Waals surface area contributed by atoms with Crippen molar-refractivity contribution >= 4 is 23.2 Å². The molecule has 2 N–H and O–H groups in total. The Morgan fingerprint density at radius 1 is 1.06 bits per heavy atom. The predicted octanol–water partition coefficient (Wildman–Crippen LogP) is 5.63. The van der Waals surface area contributed by atoms with Gasteiger partial charge in [-0.05, 0) is 74.7 Å². The number of anilines is 1. The highest BCUT2D eigenvalue weighted by Gasteiger charge is 2.28. The van der Waals surface area contributed by atoms with Crippen LogP contribution in [0.4, 0.5) is 10.1 Å². The number of furan rings is 1. The summed E-state index contributed by atoms with van der Waals surface area (Å²) in [6, 6.07) is 12.4. The van der Waals surface area contributed by atoms with E-state index in [1.807, 2.05) is 19.1 Å². The van der Waals surface area contributed by atoms with E-state index < -0.39 is 11.7 Å². The second kappa shape index (κ2) is 11.0. The normalized spacial score (nSPS) is 13.9. The molecule has 1 aromatic heterocycles. The van der Waals surface area contributed by atoms with E-state index in [2.05, 4.69) is 22.8 Å². The maximum Gasteiger partial charge on any atom is 0.291 e. The summed E-state index contributed by atoms with van der Waals surface area (Å²) in [5, 5.41) is 7.16. The summed E-state index contributed by atoms with van der Waals surface area (Å²) in [6.45, 7) is 4.58. The maximum atomic E-state index is 13.1. The molecule has 1 heterocycles. The summed E-state index contributed by atoms with van der Waals surface area (Å²) >= 11 is 0. The molecule has 0 spiro atoms. The predicted molar refractivity (Wildman–Crippen MR) is 132 cm³/mol. The van der Waals surface area contributed by atoms with E-state index in [0.29, 0.717) is 47.7 Å². The molecule has 8 heteroatoms. The Balaban J connectivity index is 1.46. The molecule has 0 unspecified atom stereocenters. The van der Waals surface area contributed by atoms with Gasteiger partial charge in [-0.15, -0.1) is 0 Å². The van der Waals surface area contributed by atoms with Gasteiger partial charge < -0.3 is 14.5 Å². The van der Waals surface area contributed by atoms with Crippen LogP contribution in [0.15, 0.2) is 58.0 Å². The van der Waals surface area contributed by atoms with Crippen LogP contribution >= 0.6 is 0 Å². The molecule has 0 aliphatic heterocycles. The third-order valence-corrected chi connectivity index (χ3v) is 5.81. The Hall–Kier alpha value is -3.94. The molecule has 1 aliphatic carbocycles. The van der Waals surface area contributed by atoms with Crippen LogP contribution in [0.1, 0.15) is 70.4 Å². The minimum Gasteiger partial charge on any atom is -0.494 e. The molecule has 0 saturated heterocycles. The minimum absolute atomic E-state index is 0.220. The molecule has 0 bridgehead atoms. The number of carbonyl (C=O) groups is 2. The van der Waals surface area contributed by atoms with Crippen LogP contribution in [0.3, 0.4) is 0 Å². The molecule has 35 heavy (non-hydrogen) atoms. The number of ether oxygens (including phenoxy) is 1. The number of rotatable bonds is 8. The maximum absolute atomic E-state index is 13.1. The molecular weight excluding hydrogens is 449 g/mol. The summed E-state index contributed by atoms with van der Waals surface area (Å²) in [6.07, 6.45) is 4.15. The van der Waals surface area contributed by atoms with Crippen LogP contribution in [0.25, 0.3) is 0 Å². The summed E-state index contributed by atoms with van der Waals surface area (Å²) in [7, 11) is 0. The van der Waals surface area contributed by atoms with Crippen LogP contribution in [-0.4, -0.2) is 24.1 Å². The molecule has 2 amide bonds. The SMILES string of the molecule is CCCCOc1ccc(NC(=O)c2oc3c(c2C)/C(=N/NC(=O)c2ccc(F)cc2)CCC3)cc1. The first-order valence-electron chi connectivity index (χ1n) is 11.8. The monoisotopic (exact) mass is 477 g/mol. The molecule has 3 aromatic rings. The summed E-state index contributed by atoms with van der Waals surface area (Å²) in [5.41, 5.74) is 5.54. The molecule has 0 fully saturated rings. The van der Waals surface area contributed by atoms with Crippen LogP contribution in [0.5, 0.6) is 5.75 Å². The van der Waals surface area contributed by atoms with Gasteiger partial charge in [0.1, 0.15) is 17.3 Å². The highest BCUT2D eigenvalue weighted by molar-refractivity contribution is 6.09. The van der Waals surface area contributed by atoms with E-state index in [-0.39, 0.29) is 11.7 Å². The third kappa shape index (κ3) is 5.77. The first kappa shape index (κ1) is 24.2. The molecular formula is C27H28FN3O4. The standard InChI is InChI=1S/C27H28FN3O4/c1-3-4-16-34-21-14-12-20(13-15-21)29-27(33)25-17(2)24-22(6-5-7-23(24)35-25)30-31-26(32)18-8-10-19(28)11-9-18/h8-15H,3-7,16H2,1-2H3,(H,29,33)(H,31,32)/b30-22+. The number of halogens is 1. The lowest BCUT2D eigenvalue weighted by Crippen LogP contribution is -2.22. The van der Waals surface area contributed by atoms with E-state index in [0.717, 1.165) is 30.6 Å². The van der Waals surface area contributed by atoms with Gasteiger partial charge in [0.15, 0.2) is 5.76 Å². The topological polar surface area (TPSA) is 92.9 Å². The number of unbranched alkanes of at least 4 members (excludes halogenated alkanes) is 1. The zero-order valence-electron chi connectivity index (χ0n) is 19.8. The second-order valence-corrected chi connectivity index (χ2v) is 8.39. The van der Waals surface area contributed by atoms with Crippen LogP contribution in [0, 0.1) is 12.7 Å². The third-order valence-electron chi connectivity index (χ3n) is 5.81. The van der Waals surface area contributed by atoms with Gasteiger partial charge in [0.05, 0.1) is 12.3 Å². The highest BCUT2D eigenvalue weighted by atomic mass is 19.1. The smallest absolute Gasteiger partial charge is 0.291 e. The second-order valence-electron chi connectivity index (χ2n) is 8.39. The van der Waals surface area contributed by atoms with Gasteiger partial charge in [0.2, 0.25) is 0 Å². The number of amides is 2. The lowest BCUT2D eigenvalue weighted by molar-refractivity contribution is 0.0953. The van der Waals surface area contributed by atoms with Crippen molar-refractivity contribution in [1.82, 2.24) is 5.43 Å². The van der Waals surface area contributed by atoms with Gasteiger partial charge in [-0.2, -0.15) is 5.10 Å². The molecule has 4 rings (SSSR count). The van der Waals surface area contributed by atoms with Crippen molar-refractivity contribution in [2.75, 3.05) is 11.9 Å². The van der Waals surface area contributed by atoms with E-state index in [4.69, 9.17) is 9.15 Å². The number of hydrogen-bond acceptors (Lipinski definition) is 5. The van der Waals surface area contributed by atoms with Crippen molar-refractivity contribution in [2.24, 2.45) is 5.10 Å². The van der Waals surface area contributed by atoms with Crippen molar-refractivity contribution in [3.63, 3.8) is 0 Å². The van der Waals surface area contributed by atoms with Crippen LogP contribution in [0.2, 0.25) is 0 Å². The Kier molecular flexibility index (Phi) is 7.60. The number of nitrogens with one attached hydrogen (secondary N) is 2. The van der Waals surface area contributed by atoms with Crippen molar-refractivity contribution in [3.05, 3.63) is 82.6 Å². The average Bonchev–Trinajstić information content (AvgIpc) is 3.21. The zero-order chi connectivity index (χ0) is 24.8. The van der Waals surface area contributed by atoms with Gasteiger partial charge in [0.25, 0.3) is 11.8 Å². The number of aryl methyl sites for hydroxylation is 1. The average molecular weight is 478 g/mol. The van der Waals surface area contributed by atoms with Crippen molar-refractivity contribution in [1.29, 1.82) is 0 Å². The molecule has 7 nitrogen and oxygen atoms in total. The summed E-state index contributed by atoms with van der Waals surface area (Å²) < 4.78 is 24.7. The van der Waals surface area contributed by atoms with Crippen molar-refractivity contribution in [2.45, 2.75) is 46.0 Å². The van der Waals surface area contributed by atoms with Crippen molar-refractivity contribution in [3.8, 4) is 5.75 Å². The summed E-state index contributed by atoms with van der Waals surface area (Å²) in [4.78, 5) is 25.3. The first-order chi connectivity index (χ1) is 17.0. The Bertz CT molecular complexity index is 1230. The minimum atomic E-state index is -0.439. The van der Waals surface area contributed by atoms with Crippen LogP contribution in [-0.2, 0) is 6.42 Å². The first-order valence-corrected chi connectivity index (χ1v) is 11.8. The molecule has 0 saturated carbocycles. The van der Waals surface area contributed by atoms with Gasteiger partial charge >= 0.3 is 0 Å². The molecule has 1 aliphatic rings. The number of benzene rings is 2. The van der Waals surface area contributed by atoms with Crippen molar-refractivity contribution < 1.29 is 23.1 Å². The van der Waals surface area contributed by atoms with Gasteiger partial charge in [-0.3, -0.25) is 9.59 Å². The van der Waals surface area contributed by atoms with E-state index in [1.165, 1.54) is 24.3 Å². The lowest BCUT2D eigenvalue weighted by Gasteiger charge is -2.13. The molecule has 0 radical (unpaired) electrons. The highest BCUT2D eigenvalue weighted by Crippen LogP contribution is 2.30. The van der Waals surface area contributed by atoms with E-state index in [1.54, 1.807) is 12.1 Å². The zero-order valence-corrected chi connectivity index (χ0v) is 19.8. The van der Waals surface area contributed by atoms with Gasteiger partial charge in [-0.25, -0.2) is 9.82 Å². The number of nitrogens with zero attached hydrogens (tertiary/aromatic N) is 1. The fraction of sp³-hybridized carbons (Fsp3) is 0.296. The number of hydrogen-bond donors (Lipinski definition) is 2. The number of carbonyl (C=O) groups excluding carboxylic acids is 2. The Morgan fingerprint density at radius 2 is 1.80 bits per heavy atom. The summed E-state index contributed by atoms with van der Waals surface area (Å²) in [5.74, 6) is 0.439. The van der Waals surface area contributed by atoms with Crippen LogP contribution < -0.4 is 15.5 Å². The molecule has 2 aromatic carbocycles. The number of hydrazone groups is 1. The Morgan fingerprint density at radius 3 is 2.51 bits per heavy atom. The van der Waals surface area contributed by atoms with E-state index in [9.17, 15) is 14.0 Å². The van der Waals surface area contributed by atoms with Gasteiger partial charge in [0, 0.05) is 28.8 Å². The fourth-order valence-electron chi connectivity index (χ4n) is 3.94. The molecule has 0 atom stereocenters. The molecule has 182 valence electrons. The largest absolute Gasteiger partial charge is 0.494 e. The van der Waals surface area contributed by atoms with Gasteiger partial charge in [-0.1, -0.05) is 13.3 Å². The lowest BCUT2D eigenvalue weighted by atomic mass is 9.93. The fourth-order valence-corrected chi connectivity index (χ4v) is 3.94. The Labute approximate surface area is 203 Å². The number of fused-ring (bicyclic) bond motifs is 1.